The molecule has 0 fully saturated rings. The van der Waals surface area contributed by atoms with Gasteiger partial charge in [0, 0.05) is 68.9 Å². The van der Waals surface area contributed by atoms with E-state index in [1.807, 2.05) is 91.0 Å². The van der Waals surface area contributed by atoms with E-state index in [1.54, 1.807) is 18.6 Å². The Morgan fingerprint density at radius 2 is 0.457 bits per heavy atom. The Hall–Kier alpha value is -15.0. The largest absolute Gasteiger partial charge is 1.20 e. The molecule has 0 aliphatic heterocycles. The molecule has 0 radical (unpaired) electrons. The van der Waals surface area contributed by atoms with Gasteiger partial charge in [0.15, 0.2) is 0 Å². The number of benzene rings is 17. The molecule has 0 saturated heterocycles. The van der Waals surface area contributed by atoms with Gasteiger partial charge in [-0.05, 0) is 209 Å². The van der Waals surface area contributed by atoms with Crippen molar-refractivity contribution in [1.82, 2.24) is 15.0 Å². The fourth-order valence-corrected chi connectivity index (χ4v) is 16.4. The predicted molar refractivity (Wildman–Crippen MR) is 487 cm³/mol. The molecule has 0 aliphatic carbocycles. The lowest BCUT2D eigenvalue weighted by atomic mass is 9.85. The second-order valence-electron chi connectivity index (χ2n) is 28.1. The molecular formula is C107H76AlN5O3. The van der Waals surface area contributed by atoms with Gasteiger partial charge in [-0.15, -0.1) is 0 Å². The summed E-state index contributed by atoms with van der Waals surface area (Å²) in [5.41, 5.74) is 18.8. The first-order valence-corrected chi connectivity index (χ1v) is 40.3. The van der Waals surface area contributed by atoms with Gasteiger partial charge >= 0.3 is 15.1 Å². The van der Waals surface area contributed by atoms with Crippen LogP contribution in [0.4, 0.5) is 34.1 Å². The van der Waals surface area contributed by atoms with Gasteiger partial charge in [0.05, 0.1) is 0 Å². The van der Waals surface area contributed by atoms with E-state index in [2.05, 4.69) is 377 Å². The molecule has 0 saturated carbocycles. The zero-order chi connectivity index (χ0) is 77.6. The fourth-order valence-electron chi connectivity index (χ4n) is 15.1. The van der Waals surface area contributed by atoms with Crippen LogP contribution in [0, 0.1) is 0 Å². The van der Waals surface area contributed by atoms with Crippen molar-refractivity contribution in [1.29, 1.82) is 0 Å². The van der Waals surface area contributed by atoms with Crippen molar-refractivity contribution in [2.75, 3.05) is 9.80 Å². The molecule has 17 aromatic carbocycles. The van der Waals surface area contributed by atoms with Crippen molar-refractivity contribution in [2.45, 2.75) is 0 Å². The SMILES string of the molecule is C(=C\c1ccc(N(c2ccccc2)c2ccccc2)cc1)/c1ccc(/C=C/c2ccc(N(c3ccccc3)c3ccccc3)cc2)cc1.c1ccc2cc(-c3c4ccccc4c(-c4ccc5ccccc5c4)c4ccccc34)ccc2c1.c1cnc2c([O][Al]([O]c3cccc4cccnc34)[O]c3cccc4cccnc34)cccc2c1. The van der Waals surface area contributed by atoms with E-state index >= 15 is 0 Å². The zero-order valence-electron chi connectivity index (χ0n) is 63.4. The molecule has 116 heavy (non-hydrogen) atoms. The van der Waals surface area contributed by atoms with Gasteiger partial charge in [0.1, 0.15) is 33.8 Å². The van der Waals surface area contributed by atoms with Crippen LogP contribution in [0.1, 0.15) is 22.3 Å². The number of anilines is 6. The molecule has 20 rings (SSSR count). The third-order valence-electron chi connectivity index (χ3n) is 20.7. The summed E-state index contributed by atoms with van der Waals surface area (Å²) in [6.45, 7) is 0. The Bertz CT molecular complexity index is 6240. The van der Waals surface area contributed by atoms with Crippen LogP contribution in [0.2, 0.25) is 0 Å². The number of pyridine rings is 3. The second kappa shape index (κ2) is 34.3. The molecular weight excluding hydrogens is 1430 g/mol. The minimum atomic E-state index is -2.86. The summed E-state index contributed by atoms with van der Waals surface area (Å²) in [7, 11) is 0. The summed E-state index contributed by atoms with van der Waals surface area (Å²) < 4.78 is 19.2. The highest BCUT2D eigenvalue weighted by molar-refractivity contribution is 6.40. The van der Waals surface area contributed by atoms with Crippen LogP contribution >= 0.6 is 0 Å². The number of hydrogen-bond donors (Lipinski definition) is 0. The van der Waals surface area contributed by atoms with Crippen LogP contribution in [-0.4, -0.2) is 30.1 Å². The first-order chi connectivity index (χ1) is 57.5. The minimum absolute atomic E-state index is 0.608. The topological polar surface area (TPSA) is 72.8 Å². The molecule has 0 atom stereocenters. The summed E-state index contributed by atoms with van der Waals surface area (Å²) in [5.74, 6) is 1.82. The van der Waals surface area contributed by atoms with Crippen LogP contribution < -0.4 is 21.2 Å². The third-order valence-corrected chi connectivity index (χ3v) is 22.0. The van der Waals surface area contributed by atoms with Crippen LogP contribution in [0.25, 0.3) is 122 Å². The lowest BCUT2D eigenvalue weighted by Crippen LogP contribution is -2.37. The summed E-state index contributed by atoms with van der Waals surface area (Å²) in [5, 5.41) is 13.2. The maximum Gasteiger partial charge on any atom is 1.20 e. The lowest BCUT2D eigenvalue weighted by Gasteiger charge is -2.25. The summed E-state index contributed by atoms with van der Waals surface area (Å²) in [6.07, 6.45) is 13.9. The van der Waals surface area contributed by atoms with E-state index in [0.29, 0.717) is 17.2 Å². The normalized spacial score (nSPS) is 11.2. The monoisotopic (exact) mass is 1510 g/mol. The highest BCUT2D eigenvalue weighted by Gasteiger charge is 2.46. The quantitative estimate of drug-likeness (QED) is 0.0478. The number of hydrogen-bond acceptors (Lipinski definition) is 8. The van der Waals surface area contributed by atoms with Gasteiger partial charge in [-0.3, -0.25) is 15.0 Å². The van der Waals surface area contributed by atoms with Crippen molar-refractivity contribution in [3.8, 4) is 39.5 Å². The van der Waals surface area contributed by atoms with Crippen LogP contribution in [0.5, 0.6) is 17.2 Å². The van der Waals surface area contributed by atoms with E-state index in [-0.39, 0.29) is 0 Å². The maximum absolute atomic E-state index is 6.41. The van der Waals surface area contributed by atoms with Gasteiger partial charge in [0.25, 0.3) is 0 Å². The molecule has 9 heteroatoms. The summed E-state index contributed by atoms with van der Waals surface area (Å²) >= 11 is -2.86. The molecule has 3 aromatic heterocycles. The molecule has 3 heterocycles. The van der Waals surface area contributed by atoms with Crippen molar-refractivity contribution in [3.63, 3.8) is 0 Å². The second-order valence-corrected chi connectivity index (χ2v) is 29.4. The minimum Gasteiger partial charge on any atom is -0.576 e. The van der Waals surface area contributed by atoms with Crippen LogP contribution in [-0.2, 0) is 0 Å². The molecule has 0 N–H and O–H groups in total. The average Bonchev–Trinajstić information content (AvgIpc) is 0.730. The van der Waals surface area contributed by atoms with Crippen LogP contribution in [0.3, 0.4) is 0 Å². The summed E-state index contributed by atoms with van der Waals surface area (Å²) in [4.78, 5) is 18.1. The summed E-state index contributed by atoms with van der Waals surface area (Å²) in [6, 6.07) is 146. The average molecular weight is 1510 g/mol. The molecule has 20 aromatic rings. The predicted octanol–water partition coefficient (Wildman–Crippen LogP) is 28.5. The number of fused-ring (bicyclic) bond motifs is 7. The molecule has 8 nitrogen and oxygen atoms in total. The maximum atomic E-state index is 6.41. The van der Waals surface area contributed by atoms with E-state index in [9.17, 15) is 0 Å². The molecule has 0 unspecified atom stereocenters. The molecule has 550 valence electrons. The van der Waals surface area contributed by atoms with Crippen molar-refractivity contribution < 1.29 is 11.4 Å². The standard InChI is InChI=1S/C46H36N2.C34H22.3C9H7NO.Al/c1-5-13-41(14-6-1)47(42-15-7-2-8-16-42)45-33-29-39(30-34-45)27-25-37-21-23-38(24-22-37)26-28-40-31-35-46(36-32-40)48(43-17-9-3-10-18-43)44-19-11-4-12-20-44;1-3-11-25-21-27(19-17-23(25)9-1)33-29-13-5-7-15-31(29)34(32-16-8-6-14-30(32)33)28-20-18-24-10-2-4-12-26(24)22-28;3*11-8-5-1-3-7-4-2-6-10-9(7)8;/h1-36H;1-22H;3*1-6,11H;/q;;;;;+3/p-3/b27-25+,28-26+;;;;;. The molecule has 0 spiro atoms. The smallest absolute Gasteiger partial charge is 0.576 e. The Balaban J connectivity index is 0.000000123. The number of rotatable bonds is 18. The Morgan fingerprint density at radius 3 is 0.767 bits per heavy atom. The van der Waals surface area contributed by atoms with Crippen LogP contribution in [0.15, 0.2) is 437 Å². The first-order valence-electron chi connectivity index (χ1n) is 38.9. The zero-order valence-corrected chi connectivity index (χ0v) is 64.6. The van der Waals surface area contributed by atoms with Gasteiger partial charge in [0.2, 0.25) is 0 Å². The third kappa shape index (κ3) is 16.2. The Morgan fingerprint density at radius 1 is 0.207 bits per heavy atom. The van der Waals surface area contributed by atoms with Crippen molar-refractivity contribution in [3.05, 3.63) is 459 Å². The molecule has 0 amide bonds. The van der Waals surface area contributed by atoms with E-state index in [4.69, 9.17) is 11.4 Å². The number of aromatic nitrogens is 3. The highest BCUT2D eigenvalue weighted by atomic mass is 27.3. The molecule has 0 aliphatic rings. The number of para-hydroxylation sites is 7. The Labute approximate surface area is 679 Å². The fraction of sp³-hybridized carbons (Fsp3) is 0. The highest BCUT2D eigenvalue weighted by Crippen LogP contribution is 2.45. The van der Waals surface area contributed by atoms with Gasteiger partial charge in [-0.1, -0.05) is 322 Å². The van der Waals surface area contributed by atoms with E-state index in [0.717, 1.165) is 89.1 Å². The first kappa shape index (κ1) is 72.6. The Kier molecular flexibility index (Phi) is 21.5. The van der Waals surface area contributed by atoms with Gasteiger partial charge in [-0.25, -0.2) is 0 Å². The van der Waals surface area contributed by atoms with Crippen molar-refractivity contribution >= 4 is 149 Å². The number of nitrogens with zero attached hydrogens (tertiary/aromatic N) is 5. The van der Waals surface area contributed by atoms with E-state index in [1.165, 1.54) is 65.3 Å². The molecule has 0 bridgehead atoms. The van der Waals surface area contributed by atoms with Crippen molar-refractivity contribution in [2.24, 2.45) is 0 Å². The van der Waals surface area contributed by atoms with E-state index < -0.39 is 15.1 Å². The van der Waals surface area contributed by atoms with Gasteiger partial charge in [-0.2, -0.15) is 0 Å². The van der Waals surface area contributed by atoms with Gasteiger partial charge < -0.3 is 21.2 Å². The lowest BCUT2D eigenvalue weighted by molar-refractivity contribution is 0.311.